The molecular formula is C19H22N2O2. The maximum atomic E-state index is 12.0. The van der Waals surface area contributed by atoms with Crippen LogP contribution in [0.25, 0.3) is 0 Å². The van der Waals surface area contributed by atoms with E-state index in [9.17, 15) is 9.59 Å². The van der Waals surface area contributed by atoms with Crippen LogP contribution in [0.5, 0.6) is 0 Å². The average molecular weight is 310 g/mol. The normalized spacial score (nSPS) is 10.2. The number of carbonyl (C=O) groups excluding carboxylic acids is 2. The van der Waals surface area contributed by atoms with Gasteiger partial charge in [0.25, 0.3) is 5.91 Å². The van der Waals surface area contributed by atoms with E-state index in [0.717, 1.165) is 23.2 Å². The quantitative estimate of drug-likeness (QED) is 0.891. The topological polar surface area (TPSA) is 58.2 Å². The lowest BCUT2D eigenvalue weighted by atomic mass is 10.1. The van der Waals surface area contributed by atoms with Gasteiger partial charge in [-0.15, -0.1) is 0 Å². The Morgan fingerprint density at radius 2 is 1.57 bits per heavy atom. The molecule has 2 aromatic rings. The monoisotopic (exact) mass is 310 g/mol. The summed E-state index contributed by atoms with van der Waals surface area (Å²) in [6.45, 7) is 5.89. The van der Waals surface area contributed by atoms with Crippen molar-refractivity contribution in [2.75, 3.05) is 11.9 Å². The van der Waals surface area contributed by atoms with E-state index in [4.69, 9.17) is 0 Å². The highest BCUT2D eigenvalue weighted by Crippen LogP contribution is 2.19. The van der Waals surface area contributed by atoms with Crippen LogP contribution in [0.15, 0.2) is 42.5 Å². The lowest BCUT2D eigenvalue weighted by Gasteiger charge is -2.12. The van der Waals surface area contributed by atoms with E-state index in [0.29, 0.717) is 5.56 Å². The molecule has 0 radical (unpaired) electrons. The molecule has 0 saturated heterocycles. The van der Waals surface area contributed by atoms with Crippen LogP contribution in [0, 0.1) is 13.8 Å². The van der Waals surface area contributed by atoms with Crippen molar-refractivity contribution in [3.8, 4) is 0 Å². The van der Waals surface area contributed by atoms with Crippen molar-refractivity contribution in [1.82, 2.24) is 5.32 Å². The van der Waals surface area contributed by atoms with Gasteiger partial charge in [0.2, 0.25) is 5.91 Å². The van der Waals surface area contributed by atoms with Gasteiger partial charge in [0.1, 0.15) is 0 Å². The van der Waals surface area contributed by atoms with Crippen molar-refractivity contribution in [2.24, 2.45) is 0 Å². The maximum Gasteiger partial charge on any atom is 0.251 e. The van der Waals surface area contributed by atoms with Crippen LogP contribution in [-0.4, -0.2) is 18.4 Å². The first-order chi connectivity index (χ1) is 11.0. The summed E-state index contributed by atoms with van der Waals surface area (Å²) >= 11 is 0. The largest absolute Gasteiger partial charge is 0.343 e. The van der Waals surface area contributed by atoms with E-state index in [2.05, 4.69) is 17.6 Å². The molecule has 4 nitrogen and oxygen atoms in total. The highest BCUT2D eigenvalue weighted by molar-refractivity contribution is 5.99. The van der Waals surface area contributed by atoms with Gasteiger partial charge < -0.3 is 10.6 Å². The van der Waals surface area contributed by atoms with Crippen molar-refractivity contribution in [3.05, 3.63) is 64.7 Å². The molecule has 120 valence electrons. The minimum Gasteiger partial charge on any atom is -0.343 e. The summed E-state index contributed by atoms with van der Waals surface area (Å²) in [4.78, 5) is 24.1. The second kappa shape index (κ2) is 7.58. The molecule has 0 aliphatic carbocycles. The molecule has 0 spiro atoms. The average Bonchev–Trinajstić information content (AvgIpc) is 2.56. The summed E-state index contributed by atoms with van der Waals surface area (Å²) in [6.07, 6.45) is 0.931. The van der Waals surface area contributed by atoms with Gasteiger partial charge in [0.15, 0.2) is 0 Å². The van der Waals surface area contributed by atoms with Gasteiger partial charge in [-0.05, 0) is 49.1 Å². The first-order valence-corrected chi connectivity index (χ1v) is 7.74. The number of hydrogen-bond acceptors (Lipinski definition) is 2. The molecule has 2 N–H and O–H groups in total. The Bertz CT molecular complexity index is 686. The third kappa shape index (κ3) is 4.42. The molecular weight excluding hydrogens is 288 g/mol. The SMILES string of the molecule is CCc1ccc(C(=O)NCC(=O)Nc2c(C)cccc2C)cc1. The highest BCUT2D eigenvalue weighted by Gasteiger charge is 2.10. The molecule has 0 saturated carbocycles. The molecule has 4 heteroatoms. The van der Waals surface area contributed by atoms with E-state index < -0.39 is 0 Å². The number of carbonyl (C=O) groups is 2. The Balaban J connectivity index is 1.92. The number of aryl methyl sites for hydroxylation is 3. The number of nitrogens with one attached hydrogen (secondary N) is 2. The zero-order valence-electron chi connectivity index (χ0n) is 13.8. The van der Waals surface area contributed by atoms with Gasteiger partial charge >= 0.3 is 0 Å². The summed E-state index contributed by atoms with van der Waals surface area (Å²) in [5.74, 6) is -0.481. The van der Waals surface area contributed by atoms with E-state index >= 15 is 0 Å². The summed E-state index contributed by atoms with van der Waals surface area (Å²) < 4.78 is 0. The summed E-state index contributed by atoms with van der Waals surface area (Å²) in [7, 11) is 0. The minimum absolute atomic E-state index is 0.0534. The fourth-order valence-electron chi connectivity index (χ4n) is 2.35. The van der Waals surface area contributed by atoms with Crippen molar-refractivity contribution < 1.29 is 9.59 Å². The van der Waals surface area contributed by atoms with Crippen LogP contribution >= 0.6 is 0 Å². The number of rotatable bonds is 5. The summed E-state index contributed by atoms with van der Waals surface area (Å²) in [5.41, 5.74) is 4.54. The van der Waals surface area contributed by atoms with Crippen molar-refractivity contribution in [1.29, 1.82) is 0 Å². The van der Waals surface area contributed by atoms with Crippen LogP contribution in [0.1, 0.15) is 34.0 Å². The Morgan fingerprint density at radius 1 is 0.957 bits per heavy atom. The summed E-state index contributed by atoms with van der Waals surface area (Å²) in [6, 6.07) is 13.2. The summed E-state index contributed by atoms with van der Waals surface area (Å²) in [5, 5.41) is 5.49. The third-order valence-electron chi connectivity index (χ3n) is 3.78. The van der Waals surface area contributed by atoms with Crippen LogP contribution in [-0.2, 0) is 11.2 Å². The molecule has 0 heterocycles. The molecule has 0 aliphatic heterocycles. The Morgan fingerprint density at radius 3 is 2.13 bits per heavy atom. The second-order valence-corrected chi connectivity index (χ2v) is 5.55. The minimum atomic E-state index is -0.246. The van der Waals surface area contributed by atoms with Gasteiger partial charge in [0.05, 0.1) is 6.54 Å². The van der Waals surface area contributed by atoms with E-state index in [1.807, 2.05) is 44.2 Å². The number of hydrogen-bond donors (Lipinski definition) is 2. The van der Waals surface area contributed by atoms with Crippen molar-refractivity contribution >= 4 is 17.5 Å². The van der Waals surface area contributed by atoms with Gasteiger partial charge in [-0.3, -0.25) is 9.59 Å². The first kappa shape index (κ1) is 16.7. The van der Waals surface area contributed by atoms with Gasteiger partial charge in [-0.2, -0.15) is 0 Å². The maximum absolute atomic E-state index is 12.0. The molecule has 2 aromatic carbocycles. The molecule has 0 unspecified atom stereocenters. The first-order valence-electron chi connectivity index (χ1n) is 7.74. The van der Waals surface area contributed by atoms with Crippen LogP contribution in [0.4, 0.5) is 5.69 Å². The molecule has 2 amide bonds. The predicted molar refractivity (Wildman–Crippen MR) is 92.7 cm³/mol. The smallest absolute Gasteiger partial charge is 0.251 e. The molecule has 23 heavy (non-hydrogen) atoms. The molecule has 0 fully saturated rings. The number of anilines is 1. The number of benzene rings is 2. The lowest BCUT2D eigenvalue weighted by Crippen LogP contribution is -2.33. The van der Waals surface area contributed by atoms with Gasteiger partial charge in [-0.25, -0.2) is 0 Å². The van der Waals surface area contributed by atoms with Crippen molar-refractivity contribution in [3.63, 3.8) is 0 Å². The van der Waals surface area contributed by atoms with E-state index in [1.54, 1.807) is 12.1 Å². The molecule has 0 bridgehead atoms. The van der Waals surface area contributed by atoms with Crippen LogP contribution < -0.4 is 10.6 Å². The van der Waals surface area contributed by atoms with Gasteiger partial charge in [-0.1, -0.05) is 37.3 Å². The van der Waals surface area contributed by atoms with E-state index in [-0.39, 0.29) is 18.4 Å². The standard InChI is InChI=1S/C19H22N2O2/c1-4-15-8-10-16(11-9-15)19(23)20-12-17(22)21-18-13(2)6-5-7-14(18)3/h5-11H,4,12H2,1-3H3,(H,20,23)(H,21,22). The third-order valence-corrected chi connectivity index (χ3v) is 3.78. The molecule has 2 rings (SSSR count). The Hall–Kier alpha value is -2.62. The van der Waals surface area contributed by atoms with Crippen molar-refractivity contribution in [2.45, 2.75) is 27.2 Å². The van der Waals surface area contributed by atoms with E-state index in [1.165, 1.54) is 5.56 Å². The zero-order chi connectivity index (χ0) is 16.8. The number of para-hydroxylation sites is 1. The fraction of sp³-hybridized carbons (Fsp3) is 0.263. The highest BCUT2D eigenvalue weighted by atomic mass is 16.2. The van der Waals surface area contributed by atoms with Gasteiger partial charge in [0, 0.05) is 11.3 Å². The molecule has 0 aromatic heterocycles. The zero-order valence-corrected chi connectivity index (χ0v) is 13.8. The lowest BCUT2D eigenvalue weighted by molar-refractivity contribution is -0.115. The second-order valence-electron chi connectivity index (χ2n) is 5.55. The molecule has 0 atom stereocenters. The predicted octanol–water partition coefficient (Wildman–Crippen LogP) is 3.23. The Kier molecular flexibility index (Phi) is 5.52. The van der Waals surface area contributed by atoms with Crippen LogP contribution in [0.2, 0.25) is 0 Å². The fourth-order valence-corrected chi connectivity index (χ4v) is 2.35. The van der Waals surface area contributed by atoms with Crippen LogP contribution in [0.3, 0.4) is 0 Å². The molecule has 0 aliphatic rings. The number of amides is 2. The Labute approximate surface area is 136 Å².